The first-order chi connectivity index (χ1) is 14.3. The molecule has 0 aliphatic rings. The maximum Gasteiger partial charge on any atom is 0.261 e. The summed E-state index contributed by atoms with van der Waals surface area (Å²) in [5.41, 5.74) is 0.851. The van der Waals surface area contributed by atoms with Crippen LogP contribution in [0.2, 0.25) is 5.02 Å². The van der Waals surface area contributed by atoms with Crippen LogP contribution in [0, 0.1) is 0 Å². The van der Waals surface area contributed by atoms with E-state index < -0.39 is 6.04 Å². The minimum atomic E-state index is -0.674. The predicted molar refractivity (Wildman–Crippen MR) is 118 cm³/mol. The van der Waals surface area contributed by atoms with Gasteiger partial charge in [0.2, 0.25) is 5.91 Å². The summed E-state index contributed by atoms with van der Waals surface area (Å²) in [6, 6.07) is 13.7. The van der Waals surface area contributed by atoms with Crippen LogP contribution in [0.5, 0.6) is 11.5 Å². The van der Waals surface area contributed by atoms with E-state index in [1.165, 1.54) is 4.90 Å². The van der Waals surface area contributed by atoms with Crippen molar-refractivity contribution < 1.29 is 19.1 Å². The Kier molecular flexibility index (Phi) is 8.99. The normalized spacial score (nSPS) is 12.6. The Morgan fingerprint density at radius 3 is 2.53 bits per heavy atom. The third-order valence-corrected chi connectivity index (χ3v) is 5.16. The Balaban J connectivity index is 2.19. The maximum atomic E-state index is 13.0. The van der Waals surface area contributed by atoms with Crippen molar-refractivity contribution in [2.75, 3.05) is 13.7 Å². The van der Waals surface area contributed by atoms with Crippen LogP contribution in [0.15, 0.2) is 48.5 Å². The molecule has 0 spiro atoms. The molecule has 2 aromatic rings. The largest absolute Gasteiger partial charge is 0.497 e. The van der Waals surface area contributed by atoms with Crippen LogP contribution in [0.1, 0.15) is 32.8 Å². The zero-order valence-electron chi connectivity index (χ0n) is 17.9. The van der Waals surface area contributed by atoms with E-state index in [1.54, 1.807) is 38.3 Å². The molecule has 2 atom stereocenters. The van der Waals surface area contributed by atoms with Crippen LogP contribution in [0.25, 0.3) is 0 Å². The van der Waals surface area contributed by atoms with Gasteiger partial charge in [-0.1, -0.05) is 42.8 Å². The van der Waals surface area contributed by atoms with Crippen molar-refractivity contribution in [2.24, 2.45) is 0 Å². The Morgan fingerprint density at radius 2 is 1.87 bits per heavy atom. The molecule has 0 radical (unpaired) electrons. The average molecular weight is 433 g/mol. The van der Waals surface area contributed by atoms with Crippen LogP contribution in [-0.4, -0.2) is 42.5 Å². The third kappa shape index (κ3) is 6.66. The lowest BCUT2D eigenvalue weighted by molar-refractivity contribution is -0.142. The molecule has 1 N–H and O–H groups in total. The molecule has 6 nitrogen and oxygen atoms in total. The van der Waals surface area contributed by atoms with Crippen LogP contribution in [0.3, 0.4) is 0 Å². The van der Waals surface area contributed by atoms with E-state index in [9.17, 15) is 9.59 Å². The molecule has 7 heteroatoms. The van der Waals surface area contributed by atoms with Gasteiger partial charge in [0.15, 0.2) is 6.61 Å². The number of amides is 2. The molecule has 0 aliphatic carbocycles. The minimum absolute atomic E-state index is 0.0214. The molecule has 162 valence electrons. The van der Waals surface area contributed by atoms with E-state index in [2.05, 4.69) is 5.32 Å². The number of halogens is 1. The Morgan fingerprint density at radius 1 is 1.13 bits per heavy atom. The predicted octanol–water partition coefficient (Wildman–Crippen LogP) is 4.06. The van der Waals surface area contributed by atoms with Gasteiger partial charge < -0.3 is 19.7 Å². The second kappa shape index (κ2) is 11.5. The van der Waals surface area contributed by atoms with Crippen molar-refractivity contribution in [3.05, 3.63) is 59.1 Å². The van der Waals surface area contributed by atoms with Crippen molar-refractivity contribution in [3.63, 3.8) is 0 Å². The summed E-state index contributed by atoms with van der Waals surface area (Å²) in [5.74, 6) is 0.581. The zero-order valence-corrected chi connectivity index (χ0v) is 18.6. The maximum absolute atomic E-state index is 13.0. The van der Waals surface area contributed by atoms with Gasteiger partial charge in [0.05, 0.1) is 12.1 Å². The number of rotatable bonds is 10. The van der Waals surface area contributed by atoms with Gasteiger partial charge in [-0.05, 0) is 50.1 Å². The third-order valence-electron chi connectivity index (χ3n) is 4.84. The molecule has 0 bridgehead atoms. The van der Waals surface area contributed by atoms with Crippen LogP contribution < -0.4 is 14.8 Å². The highest BCUT2D eigenvalue weighted by atomic mass is 35.5. The quantitative estimate of drug-likeness (QED) is 0.614. The second-order valence-electron chi connectivity index (χ2n) is 7.09. The van der Waals surface area contributed by atoms with Crippen molar-refractivity contribution in [2.45, 2.75) is 45.8 Å². The molecule has 2 amide bonds. The summed E-state index contributed by atoms with van der Waals surface area (Å²) in [7, 11) is 1.59. The Bertz CT molecular complexity index is 859. The lowest BCUT2D eigenvalue weighted by Gasteiger charge is -2.29. The number of benzene rings is 2. The summed E-state index contributed by atoms with van der Waals surface area (Å²) in [6.45, 7) is 5.66. The number of hydrogen-bond donors (Lipinski definition) is 1. The Labute approximate surface area is 183 Å². The van der Waals surface area contributed by atoms with E-state index in [-0.39, 0.29) is 31.0 Å². The number of hydrogen-bond acceptors (Lipinski definition) is 4. The van der Waals surface area contributed by atoms with Crippen molar-refractivity contribution in [1.29, 1.82) is 0 Å². The molecule has 0 fully saturated rings. The number of methoxy groups -OCH3 is 1. The summed E-state index contributed by atoms with van der Waals surface area (Å²) >= 11 is 6.11. The van der Waals surface area contributed by atoms with E-state index >= 15 is 0 Å². The highest BCUT2D eigenvalue weighted by Gasteiger charge is 2.27. The standard InChI is InChI=1S/C23H29ClN2O4/c1-5-16(2)25-23(28)17(3)26(14-18-9-8-10-19(13-18)29-4)22(27)15-30-21-12-7-6-11-20(21)24/h6-13,16-17H,5,14-15H2,1-4H3,(H,25,28)/t16-,17-/m0/s1. The van der Waals surface area contributed by atoms with E-state index in [0.29, 0.717) is 16.5 Å². The molecule has 0 saturated carbocycles. The molecule has 2 aromatic carbocycles. The summed E-state index contributed by atoms with van der Waals surface area (Å²) in [5, 5.41) is 3.36. The van der Waals surface area contributed by atoms with Crippen molar-refractivity contribution >= 4 is 23.4 Å². The molecular weight excluding hydrogens is 404 g/mol. The van der Waals surface area contributed by atoms with E-state index in [0.717, 1.165) is 12.0 Å². The topological polar surface area (TPSA) is 67.9 Å². The smallest absolute Gasteiger partial charge is 0.261 e. The van der Waals surface area contributed by atoms with Gasteiger partial charge in [-0.15, -0.1) is 0 Å². The highest BCUT2D eigenvalue weighted by Crippen LogP contribution is 2.23. The average Bonchev–Trinajstić information content (AvgIpc) is 2.76. The second-order valence-corrected chi connectivity index (χ2v) is 7.49. The lowest BCUT2D eigenvalue weighted by atomic mass is 10.1. The van der Waals surface area contributed by atoms with Gasteiger partial charge in [-0.25, -0.2) is 0 Å². The molecule has 0 heterocycles. The molecule has 0 aromatic heterocycles. The number of ether oxygens (including phenoxy) is 2. The van der Waals surface area contributed by atoms with Gasteiger partial charge >= 0.3 is 0 Å². The summed E-state index contributed by atoms with van der Waals surface area (Å²) in [6.07, 6.45) is 0.803. The van der Waals surface area contributed by atoms with Gasteiger partial charge in [0.25, 0.3) is 5.91 Å². The molecular formula is C23H29ClN2O4. The van der Waals surface area contributed by atoms with Crippen LogP contribution in [0.4, 0.5) is 0 Å². The first kappa shape index (κ1) is 23.5. The summed E-state index contributed by atoms with van der Waals surface area (Å²) in [4.78, 5) is 27.2. The number of carbonyl (C=O) groups is 2. The van der Waals surface area contributed by atoms with Gasteiger partial charge in [-0.3, -0.25) is 9.59 Å². The minimum Gasteiger partial charge on any atom is -0.497 e. The van der Waals surface area contributed by atoms with Gasteiger partial charge in [0.1, 0.15) is 17.5 Å². The number of nitrogens with zero attached hydrogens (tertiary/aromatic N) is 1. The van der Waals surface area contributed by atoms with E-state index in [1.807, 2.05) is 38.1 Å². The van der Waals surface area contributed by atoms with Gasteiger partial charge in [-0.2, -0.15) is 0 Å². The van der Waals surface area contributed by atoms with Crippen LogP contribution >= 0.6 is 11.6 Å². The SMILES string of the molecule is CC[C@H](C)NC(=O)[C@H](C)N(Cc1cccc(OC)c1)C(=O)COc1ccccc1Cl. The Hall–Kier alpha value is -2.73. The lowest BCUT2D eigenvalue weighted by Crippen LogP contribution is -2.50. The fourth-order valence-electron chi connectivity index (χ4n) is 2.80. The van der Waals surface area contributed by atoms with Crippen molar-refractivity contribution in [3.8, 4) is 11.5 Å². The molecule has 2 rings (SSSR count). The van der Waals surface area contributed by atoms with E-state index in [4.69, 9.17) is 21.1 Å². The van der Waals surface area contributed by atoms with Crippen molar-refractivity contribution in [1.82, 2.24) is 10.2 Å². The molecule has 0 unspecified atom stereocenters. The summed E-state index contributed by atoms with van der Waals surface area (Å²) < 4.78 is 10.9. The van der Waals surface area contributed by atoms with Crippen LogP contribution in [-0.2, 0) is 16.1 Å². The fraction of sp³-hybridized carbons (Fsp3) is 0.391. The fourth-order valence-corrected chi connectivity index (χ4v) is 2.99. The number of para-hydroxylation sites is 1. The first-order valence-electron chi connectivity index (χ1n) is 9.95. The number of carbonyl (C=O) groups excluding carboxylic acids is 2. The zero-order chi connectivity index (χ0) is 22.1. The molecule has 0 saturated heterocycles. The number of nitrogens with one attached hydrogen (secondary N) is 1. The highest BCUT2D eigenvalue weighted by molar-refractivity contribution is 6.32. The van der Waals surface area contributed by atoms with Gasteiger partial charge in [0, 0.05) is 12.6 Å². The monoisotopic (exact) mass is 432 g/mol. The first-order valence-corrected chi connectivity index (χ1v) is 10.3. The molecule has 0 aliphatic heterocycles. The molecule has 30 heavy (non-hydrogen) atoms.